The van der Waals surface area contributed by atoms with Crippen molar-refractivity contribution in [2.75, 3.05) is 0 Å². The molecule has 0 bridgehead atoms. The molecule has 6 heteroatoms. The van der Waals surface area contributed by atoms with Crippen LogP contribution in [0.2, 0.25) is 0 Å². The van der Waals surface area contributed by atoms with E-state index >= 15 is 0 Å². The van der Waals surface area contributed by atoms with Gasteiger partial charge in [0.1, 0.15) is 5.82 Å². The van der Waals surface area contributed by atoms with Gasteiger partial charge in [0.05, 0.1) is 0 Å². The molecule has 0 heterocycles. The van der Waals surface area contributed by atoms with Crippen LogP contribution in [-0.2, 0) is 0 Å². The molecular weight excluding hydrogens is 198 g/mol. The average Bonchev–Trinajstić information content (AvgIpc) is 1.86. The van der Waals surface area contributed by atoms with Crippen molar-refractivity contribution in [3.05, 3.63) is 30.1 Å². The van der Waals surface area contributed by atoms with E-state index in [2.05, 4.69) is 0 Å². The Kier molecular flexibility index (Phi) is 5.01. The summed E-state index contributed by atoms with van der Waals surface area (Å²) in [5.41, 5.74) is -0.898. The molecule has 0 saturated heterocycles. The van der Waals surface area contributed by atoms with E-state index in [1.165, 1.54) is 0 Å². The molecule has 0 fully saturated rings. The monoisotopic (exact) mass is 202 g/mol. The van der Waals surface area contributed by atoms with Gasteiger partial charge in [0.25, 0.3) is 0 Å². The van der Waals surface area contributed by atoms with Crippen LogP contribution in [0.3, 0.4) is 0 Å². The topological polar surface area (TPSA) is 0 Å². The van der Waals surface area contributed by atoms with Crippen molar-refractivity contribution in [3.63, 3.8) is 0 Å². The fourth-order valence-corrected chi connectivity index (χ4v) is 0.710. The first-order chi connectivity index (χ1) is 5.00. The second-order valence-corrected chi connectivity index (χ2v) is 2.13. The third-order valence-corrected chi connectivity index (χ3v) is 1.23. The predicted molar refractivity (Wildman–Crippen MR) is 35.1 cm³/mol. The van der Waals surface area contributed by atoms with E-state index in [0.717, 1.165) is 18.2 Å². The molecule has 0 amide bonds. The number of hydrogen-bond acceptors (Lipinski definition) is 0. The SMILES string of the molecule is Fc1cccc([B-](F)(F)F)c1.[K+]. The minimum atomic E-state index is -5.06. The molecule has 0 unspecified atom stereocenters. The standard InChI is InChI=1S/C6H4BF4.K/c8-6-3-1-2-5(4-6)7(9,10)11;/h1-4H;/q-1;+1. The predicted octanol–water partition coefficient (Wildman–Crippen LogP) is -1.12. The van der Waals surface area contributed by atoms with Gasteiger partial charge in [0, 0.05) is 0 Å². The number of halogens is 4. The molecule has 1 rings (SSSR count). The Morgan fingerprint density at radius 3 is 2.00 bits per heavy atom. The summed E-state index contributed by atoms with van der Waals surface area (Å²) in [5.74, 6) is -0.860. The minimum absolute atomic E-state index is 0. The van der Waals surface area contributed by atoms with E-state index in [1.807, 2.05) is 0 Å². The van der Waals surface area contributed by atoms with E-state index < -0.39 is 18.3 Å². The largest absolute Gasteiger partial charge is 1.00 e. The Balaban J connectivity index is 0.00000121. The van der Waals surface area contributed by atoms with Crippen molar-refractivity contribution in [1.29, 1.82) is 0 Å². The van der Waals surface area contributed by atoms with Crippen molar-refractivity contribution in [2.24, 2.45) is 0 Å². The summed E-state index contributed by atoms with van der Waals surface area (Å²) in [4.78, 5) is 0. The van der Waals surface area contributed by atoms with E-state index in [1.54, 1.807) is 0 Å². The van der Waals surface area contributed by atoms with Crippen molar-refractivity contribution in [1.82, 2.24) is 0 Å². The third kappa shape index (κ3) is 3.57. The molecule has 60 valence electrons. The molecule has 0 saturated carbocycles. The molecule has 0 atom stereocenters. The van der Waals surface area contributed by atoms with Crippen molar-refractivity contribution in [3.8, 4) is 0 Å². The second kappa shape index (κ2) is 4.76. The van der Waals surface area contributed by atoms with Gasteiger partial charge < -0.3 is 12.9 Å². The number of benzene rings is 1. The molecule has 0 radical (unpaired) electrons. The smallest absolute Gasteiger partial charge is 0.445 e. The first-order valence-corrected chi connectivity index (χ1v) is 2.95. The van der Waals surface area contributed by atoms with Crippen molar-refractivity contribution >= 4 is 12.4 Å². The van der Waals surface area contributed by atoms with Gasteiger partial charge in [-0.25, -0.2) is 4.39 Å². The summed E-state index contributed by atoms with van der Waals surface area (Å²) in [6.45, 7) is -5.06. The molecule has 0 spiro atoms. The Labute approximate surface area is 110 Å². The number of hydrogen-bond donors (Lipinski definition) is 0. The van der Waals surface area contributed by atoms with Gasteiger partial charge in [-0.2, -0.15) is 0 Å². The summed E-state index contributed by atoms with van der Waals surface area (Å²) in [5, 5.41) is 0. The van der Waals surface area contributed by atoms with Crippen LogP contribution in [0.1, 0.15) is 0 Å². The third-order valence-electron chi connectivity index (χ3n) is 1.23. The van der Waals surface area contributed by atoms with Crippen LogP contribution in [0.25, 0.3) is 0 Å². The van der Waals surface area contributed by atoms with Gasteiger partial charge in [-0.05, 0) is 6.07 Å². The molecule has 0 N–H and O–H groups in total. The van der Waals surface area contributed by atoms with Crippen LogP contribution in [0.15, 0.2) is 24.3 Å². The summed E-state index contributed by atoms with van der Waals surface area (Å²) >= 11 is 0. The number of rotatable bonds is 1. The van der Waals surface area contributed by atoms with Gasteiger partial charge >= 0.3 is 58.4 Å². The van der Waals surface area contributed by atoms with Gasteiger partial charge in [0.2, 0.25) is 0 Å². The van der Waals surface area contributed by atoms with Gasteiger partial charge in [-0.1, -0.05) is 18.2 Å². The van der Waals surface area contributed by atoms with Crippen molar-refractivity contribution < 1.29 is 68.7 Å². The van der Waals surface area contributed by atoms with Gasteiger partial charge in [0.15, 0.2) is 0 Å². The Morgan fingerprint density at radius 2 is 1.67 bits per heavy atom. The van der Waals surface area contributed by atoms with Crippen LogP contribution in [0, 0.1) is 5.82 Å². The molecule has 0 aromatic heterocycles. The quantitative estimate of drug-likeness (QED) is 0.400. The maximum atomic E-state index is 12.2. The van der Waals surface area contributed by atoms with Gasteiger partial charge in [-0.3, -0.25) is 0 Å². The van der Waals surface area contributed by atoms with Crippen molar-refractivity contribution in [2.45, 2.75) is 0 Å². The summed E-state index contributed by atoms with van der Waals surface area (Å²) in [6.07, 6.45) is 0. The molecule has 12 heavy (non-hydrogen) atoms. The van der Waals surface area contributed by atoms with Crippen LogP contribution in [0.4, 0.5) is 17.3 Å². The van der Waals surface area contributed by atoms with E-state index in [9.17, 15) is 17.3 Å². The van der Waals surface area contributed by atoms with Crippen LogP contribution in [0.5, 0.6) is 0 Å². The van der Waals surface area contributed by atoms with Crippen LogP contribution < -0.4 is 56.8 Å². The minimum Gasteiger partial charge on any atom is -0.445 e. The zero-order valence-electron chi connectivity index (χ0n) is 6.40. The summed E-state index contributed by atoms with van der Waals surface area (Å²) in [7, 11) is 0. The average molecular weight is 202 g/mol. The first kappa shape index (κ1) is 12.6. The molecule has 1 aromatic rings. The maximum Gasteiger partial charge on any atom is 1.00 e. The maximum absolute atomic E-state index is 12.2. The Bertz CT molecular complexity index is 260. The first-order valence-electron chi connectivity index (χ1n) is 2.95. The van der Waals surface area contributed by atoms with E-state index in [-0.39, 0.29) is 51.4 Å². The molecule has 0 aliphatic carbocycles. The van der Waals surface area contributed by atoms with Crippen LogP contribution >= 0.6 is 0 Å². The normalized spacial score (nSPS) is 10.7. The summed E-state index contributed by atoms with van der Waals surface area (Å²) in [6, 6.07) is 3.36. The fraction of sp³-hybridized carbons (Fsp3) is 0. The fourth-order valence-electron chi connectivity index (χ4n) is 0.710. The van der Waals surface area contributed by atoms with E-state index in [4.69, 9.17) is 0 Å². The zero-order chi connectivity index (χ0) is 8.48. The second-order valence-electron chi connectivity index (χ2n) is 2.13. The Hall–Kier alpha value is 0.641. The van der Waals surface area contributed by atoms with Gasteiger partial charge in [-0.15, -0.1) is 5.46 Å². The van der Waals surface area contributed by atoms with Crippen LogP contribution in [-0.4, -0.2) is 6.98 Å². The molecule has 0 nitrogen and oxygen atoms in total. The zero-order valence-corrected chi connectivity index (χ0v) is 9.52. The molecule has 0 aliphatic heterocycles. The molecule has 1 aromatic carbocycles. The molecular formula is C6H4BF4K. The summed E-state index contributed by atoms with van der Waals surface area (Å²) < 4.78 is 47.8. The molecule has 0 aliphatic rings. The Morgan fingerprint density at radius 1 is 1.08 bits per heavy atom. The van der Waals surface area contributed by atoms with E-state index in [0.29, 0.717) is 6.07 Å².